The van der Waals surface area contributed by atoms with E-state index in [1.54, 1.807) is 13.3 Å². The first-order valence-corrected chi connectivity index (χ1v) is 7.53. The summed E-state index contributed by atoms with van der Waals surface area (Å²) in [6.07, 6.45) is 2.68. The molecule has 0 fully saturated rings. The minimum absolute atomic E-state index is 0.571. The first-order valence-electron chi connectivity index (χ1n) is 6.34. The SMILES string of the molecule is COCCCOc1ccc(NCc2cnc(Cl)s2)cc1. The van der Waals surface area contributed by atoms with E-state index < -0.39 is 0 Å². The number of rotatable bonds is 8. The molecule has 0 atom stereocenters. The summed E-state index contributed by atoms with van der Waals surface area (Å²) in [5.41, 5.74) is 1.04. The molecule has 0 unspecified atom stereocenters. The molecule has 6 heteroatoms. The van der Waals surface area contributed by atoms with Gasteiger partial charge in [-0.1, -0.05) is 11.6 Å². The van der Waals surface area contributed by atoms with Crippen molar-refractivity contribution >= 4 is 28.6 Å². The highest BCUT2D eigenvalue weighted by molar-refractivity contribution is 7.15. The Kier molecular flexibility index (Phi) is 6.11. The zero-order valence-electron chi connectivity index (χ0n) is 11.3. The second-order valence-electron chi connectivity index (χ2n) is 4.15. The third-order valence-corrected chi connectivity index (χ3v) is 3.72. The lowest BCUT2D eigenvalue weighted by atomic mass is 10.3. The smallest absolute Gasteiger partial charge is 0.183 e. The van der Waals surface area contributed by atoms with Crippen LogP contribution in [0.15, 0.2) is 30.5 Å². The molecular formula is C14H17ClN2O2S. The number of hydrogen-bond acceptors (Lipinski definition) is 5. The minimum Gasteiger partial charge on any atom is -0.494 e. The lowest BCUT2D eigenvalue weighted by Crippen LogP contribution is -2.01. The molecule has 1 aromatic heterocycles. The summed E-state index contributed by atoms with van der Waals surface area (Å²) in [5.74, 6) is 0.868. The second kappa shape index (κ2) is 8.09. The zero-order chi connectivity index (χ0) is 14.2. The van der Waals surface area contributed by atoms with E-state index in [0.29, 0.717) is 11.1 Å². The summed E-state index contributed by atoms with van der Waals surface area (Å²) < 4.78 is 11.1. The molecule has 1 N–H and O–H groups in total. The number of anilines is 1. The zero-order valence-corrected chi connectivity index (χ0v) is 12.8. The van der Waals surface area contributed by atoms with E-state index in [-0.39, 0.29) is 0 Å². The predicted octanol–water partition coefficient (Wildman–Crippen LogP) is 3.82. The average Bonchev–Trinajstić information content (AvgIpc) is 2.88. The Labute approximate surface area is 127 Å². The van der Waals surface area contributed by atoms with Crippen molar-refractivity contribution < 1.29 is 9.47 Å². The summed E-state index contributed by atoms with van der Waals surface area (Å²) in [6.45, 7) is 2.11. The third-order valence-electron chi connectivity index (χ3n) is 2.61. The number of nitrogens with one attached hydrogen (secondary N) is 1. The van der Waals surface area contributed by atoms with Crippen LogP contribution in [0.5, 0.6) is 5.75 Å². The van der Waals surface area contributed by atoms with Gasteiger partial charge in [-0.15, -0.1) is 11.3 Å². The number of benzene rings is 1. The molecule has 0 aliphatic rings. The van der Waals surface area contributed by atoms with Crippen LogP contribution in [0.4, 0.5) is 5.69 Å². The van der Waals surface area contributed by atoms with E-state index >= 15 is 0 Å². The van der Waals surface area contributed by atoms with Gasteiger partial charge in [0.1, 0.15) is 5.75 Å². The lowest BCUT2D eigenvalue weighted by Gasteiger charge is -2.08. The Hall–Kier alpha value is -1.30. The maximum atomic E-state index is 5.79. The summed E-state index contributed by atoms with van der Waals surface area (Å²) >= 11 is 7.27. The second-order valence-corrected chi connectivity index (χ2v) is 5.85. The van der Waals surface area contributed by atoms with Gasteiger partial charge >= 0.3 is 0 Å². The highest BCUT2D eigenvalue weighted by Gasteiger charge is 2.00. The van der Waals surface area contributed by atoms with E-state index in [0.717, 1.165) is 35.9 Å². The molecule has 2 aromatic rings. The van der Waals surface area contributed by atoms with E-state index in [2.05, 4.69) is 10.3 Å². The van der Waals surface area contributed by atoms with Crippen molar-refractivity contribution in [1.82, 2.24) is 4.98 Å². The molecule has 4 nitrogen and oxygen atoms in total. The average molecular weight is 313 g/mol. The number of nitrogens with zero attached hydrogens (tertiary/aromatic N) is 1. The fourth-order valence-corrected chi connectivity index (χ4v) is 2.53. The normalized spacial score (nSPS) is 10.5. The lowest BCUT2D eigenvalue weighted by molar-refractivity contribution is 0.172. The van der Waals surface area contributed by atoms with Crippen LogP contribution < -0.4 is 10.1 Å². The molecule has 0 spiro atoms. The Morgan fingerprint density at radius 3 is 2.70 bits per heavy atom. The number of halogens is 1. The van der Waals surface area contributed by atoms with Gasteiger partial charge in [-0.05, 0) is 24.3 Å². The topological polar surface area (TPSA) is 43.4 Å². The van der Waals surface area contributed by atoms with Crippen LogP contribution in [0.25, 0.3) is 0 Å². The standard InChI is InChI=1S/C14H17ClN2O2S/c1-18-7-2-8-19-12-5-3-11(4-6-12)16-9-13-10-17-14(15)20-13/h3-6,10,16H,2,7-9H2,1H3. The van der Waals surface area contributed by atoms with Crippen molar-refractivity contribution in [2.45, 2.75) is 13.0 Å². The van der Waals surface area contributed by atoms with Gasteiger partial charge in [-0.2, -0.15) is 0 Å². The van der Waals surface area contributed by atoms with E-state index in [9.17, 15) is 0 Å². The molecule has 0 saturated heterocycles. The molecule has 108 valence electrons. The van der Waals surface area contributed by atoms with Gasteiger partial charge < -0.3 is 14.8 Å². The molecule has 0 saturated carbocycles. The number of hydrogen-bond donors (Lipinski definition) is 1. The first kappa shape index (κ1) is 15.1. The summed E-state index contributed by atoms with van der Waals surface area (Å²) in [5, 5.41) is 3.31. The Morgan fingerprint density at radius 2 is 2.05 bits per heavy atom. The molecule has 2 rings (SSSR count). The van der Waals surface area contributed by atoms with Crippen molar-refractivity contribution in [3.63, 3.8) is 0 Å². The fraction of sp³-hybridized carbons (Fsp3) is 0.357. The fourth-order valence-electron chi connectivity index (χ4n) is 1.62. The quantitative estimate of drug-likeness (QED) is 0.752. The van der Waals surface area contributed by atoms with Crippen LogP contribution in [-0.4, -0.2) is 25.3 Å². The molecule has 1 heterocycles. The van der Waals surface area contributed by atoms with Gasteiger partial charge in [0.15, 0.2) is 4.47 Å². The highest BCUT2D eigenvalue weighted by Crippen LogP contribution is 2.20. The molecule has 0 amide bonds. The van der Waals surface area contributed by atoms with Gasteiger partial charge in [-0.3, -0.25) is 0 Å². The van der Waals surface area contributed by atoms with Crippen molar-refractivity contribution in [1.29, 1.82) is 0 Å². The summed E-state index contributed by atoms with van der Waals surface area (Å²) in [7, 11) is 1.69. The van der Waals surface area contributed by atoms with Crippen LogP contribution in [0.2, 0.25) is 4.47 Å². The van der Waals surface area contributed by atoms with Crippen molar-refractivity contribution in [2.24, 2.45) is 0 Å². The van der Waals surface area contributed by atoms with E-state index in [1.165, 1.54) is 11.3 Å². The van der Waals surface area contributed by atoms with Gasteiger partial charge in [0.2, 0.25) is 0 Å². The van der Waals surface area contributed by atoms with E-state index in [1.807, 2.05) is 24.3 Å². The molecule has 1 aromatic carbocycles. The van der Waals surface area contributed by atoms with Gasteiger partial charge in [0.25, 0.3) is 0 Å². The van der Waals surface area contributed by atoms with Crippen LogP contribution >= 0.6 is 22.9 Å². The molecule has 0 radical (unpaired) electrons. The third kappa shape index (κ3) is 5.00. The first-order chi connectivity index (χ1) is 9.78. The number of thiazole rings is 1. The summed E-state index contributed by atoms with van der Waals surface area (Å²) in [4.78, 5) is 5.11. The minimum atomic E-state index is 0.571. The van der Waals surface area contributed by atoms with Crippen LogP contribution in [0.3, 0.4) is 0 Å². The largest absolute Gasteiger partial charge is 0.494 e. The molecule has 20 heavy (non-hydrogen) atoms. The number of ether oxygens (including phenoxy) is 2. The van der Waals surface area contributed by atoms with Gasteiger partial charge in [0, 0.05) is 36.9 Å². The van der Waals surface area contributed by atoms with Crippen molar-refractivity contribution in [3.05, 3.63) is 39.8 Å². The Balaban J connectivity index is 1.76. The van der Waals surface area contributed by atoms with Crippen LogP contribution in [0, 0.1) is 0 Å². The predicted molar refractivity (Wildman–Crippen MR) is 82.9 cm³/mol. The molecule has 0 bridgehead atoms. The Morgan fingerprint density at radius 1 is 1.25 bits per heavy atom. The molecule has 0 aliphatic carbocycles. The molecular weight excluding hydrogens is 296 g/mol. The van der Waals surface area contributed by atoms with Crippen LogP contribution in [0.1, 0.15) is 11.3 Å². The van der Waals surface area contributed by atoms with Gasteiger partial charge in [0.05, 0.1) is 13.2 Å². The van der Waals surface area contributed by atoms with Crippen molar-refractivity contribution in [3.8, 4) is 5.75 Å². The number of aromatic nitrogens is 1. The maximum Gasteiger partial charge on any atom is 0.183 e. The van der Waals surface area contributed by atoms with Gasteiger partial charge in [-0.25, -0.2) is 4.98 Å². The maximum absolute atomic E-state index is 5.79. The number of methoxy groups -OCH3 is 1. The van der Waals surface area contributed by atoms with E-state index in [4.69, 9.17) is 21.1 Å². The van der Waals surface area contributed by atoms with Crippen molar-refractivity contribution in [2.75, 3.05) is 25.6 Å². The highest BCUT2D eigenvalue weighted by atomic mass is 35.5. The molecule has 0 aliphatic heterocycles. The van der Waals surface area contributed by atoms with Crippen LogP contribution in [-0.2, 0) is 11.3 Å². The Bertz CT molecular complexity index is 516. The summed E-state index contributed by atoms with van der Waals surface area (Å²) in [6, 6.07) is 7.90. The monoisotopic (exact) mass is 312 g/mol.